The normalized spacial score (nSPS) is 11.7. The molecule has 0 aliphatic carbocycles. The highest BCUT2D eigenvalue weighted by Crippen LogP contribution is 2.07. The van der Waals surface area contributed by atoms with Crippen molar-refractivity contribution in [1.29, 1.82) is 0 Å². The van der Waals surface area contributed by atoms with E-state index >= 15 is 0 Å². The molecule has 0 aromatic carbocycles. The standard InChI is InChI=1S/C16H22N2O2/c1-12(2)6-7-13(3)18-16(20)15-9-8-14(11-17-15)5-4-10-19/h8-9,11-13,19H,6-7,10H2,1-3H3,(H,18,20). The van der Waals surface area contributed by atoms with Gasteiger partial charge in [0.1, 0.15) is 12.3 Å². The molecule has 0 radical (unpaired) electrons. The number of carbonyl (C=O) groups excluding carboxylic acids is 1. The lowest BCUT2D eigenvalue weighted by Crippen LogP contribution is -2.33. The summed E-state index contributed by atoms with van der Waals surface area (Å²) < 4.78 is 0. The minimum atomic E-state index is -0.185. The molecule has 0 fully saturated rings. The van der Waals surface area contributed by atoms with Crippen LogP contribution in [0.15, 0.2) is 18.3 Å². The molecule has 1 heterocycles. The lowest BCUT2D eigenvalue weighted by Gasteiger charge is -2.14. The van der Waals surface area contributed by atoms with Crippen LogP contribution in [0, 0.1) is 17.8 Å². The van der Waals surface area contributed by atoms with Crippen LogP contribution < -0.4 is 5.32 Å². The van der Waals surface area contributed by atoms with Crippen LogP contribution in [0.2, 0.25) is 0 Å². The van der Waals surface area contributed by atoms with E-state index in [0.717, 1.165) is 12.8 Å². The van der Waals surface area contributed by atoms with Crippen molar-refractivity contribution in [3.63, 3.8) is 0 Å². The second-order valence-corrected chi connectivity index (χ2v) is 5.24. The van der Waals surface area contributed by atoms with Crippen molar-refractivity contribution in [3.05, 3.63) is 29.6 Å². The number of aliphatic hydroxyl groups is 1. The van der Waals surface area contributed by atoms with Crippen molar-refractivity contribution in [1.82, 2.24) is 10.3 Å². The highest BCUT2D eigenvalue weighted by molar-refractivity contribution is 5.92. The van der Waals surface area contributed by atoms with Gasteiger partial charge in [0.25, 0.3) is 5.91 Å². The molecule has 1 aromatic heterocycles. The summed E-state index contributed by atoms with van der Waals surface area (Å²) >= 11 is 0. The first-order chi connectivity index (χ1) is 9.52. The van der Waals surface area contributed by atoms with E-state index in [1.807, 2.05) is 6.92 Å². The Morgan fingerprint density at radius 1 is 1.35 bits per heavy atom. The zero-order valence-corrected chi connectivity index (χ0v) is 12.3. The lowest BCUT2D eigenvalue weighted by atomic mass is 10.0. The molecule has 4 heteroatoms. The average Bonchev–Trinajstić information content (AvgIpc) is 2.43. The first kappa shape index (κ1) is 16.2. The number of hydrogen-bond acceptors (Lipinski definition) is 3. The van der Waals surface area contributed by atoms with E-state index < -0.39 is 0 Å². The fourth-order valence-corrected chi connectivity index (χ4v) is 1.70. The molecular weight excluding hydrogens is 252 g/mol. The monoisotopic (exact) mass is 274 g/mol. The summed E-state index contributed by atoms with van der Waals surface area (Å²) in [7, 11) is 0. The number of rotatable bonds is 5. The molecule has 0 aliphatic rings. The minimum absolute atomic E-state index is 0.139. The van der Waals surface area contributed by atoms with E-state index in [4.69, 9.17) is 5.11 Å². The Balaban J connectivity index is 2.55. The number of nitrogens with one attached hydrogen (secondary N) is 1. The van der Waals surface area contributed by atoms with Gasteiger partial charge in [-0.2, -0.15) is 0 Å². The fourth-order valence-electron chi connectivity index (χ4n) is 1.70. The molecule has 4 nitrogen and oxygen atoms in total. The smallest absolute Gasteiger partial charge is 0.270 e. The summed E-state index contributed by atoms with van der Waals surface area (Å²) in [5.41, 5.74) is 1.07. The predicted octanol–water partition coefficient (Wildman–Crippen LogP) is 1.98. The van der Waals surface area contributed by atoms with Gasteiger partial charge in [0.15, 0.2) is 0 Å². The highest BCUT2D eigenvalue weighted by Gasteiger charge is 2.11. The van der Waals surface area contributed by atoms with Crippen molar-refractivity contribution in [2.45, 2.75) is 39.7 Å². The van der Waals surface area contributed by atoms with Crippen LogP contribution in [-0.2, 0) is 0 Å². The summed E-state index contributed by atoms with van der Waals surface area (Å²) in [5, 5.41) is 11.5. The van der Waals surface area contributed by atoms with Gasteiger partial charge in [0.2, 0.25) is 0 Å². The van der Waals surface area contributed by atoms with Gasteiger partial charge in [-0.15, -0.1) is 0 Å². The molecular formula is C16H22N2O2. The molecule has 2 N–H and O–H groups in total. The zero-order valence-electron chi connectivity index (χ0n) is 12.3. The van der Waals surface area contributed by atoms with Crippen LogP contribution in [0.25, 0.3) is 0 Å². The number of nitrogens with zero attached hydrogens (tertiary/aromatic N) is 1. The third-order valence-corrected chi connectivity index (χ3v) is 2.86. The van der Waals surface area contributed by atoms with E-state index in [9.17, 15) is 4.79 Å². The number of amides is 1. The molecule has 0 saturated heterocycles. The average molecular weight is 274 g/mol. The van der Waals surface area contributed by atoms with Gasteiger partial charge in [-0.1, -0.05) is 25.7 Å². The summed E-state index contributed by atoms with van der Waals surface area (Å²) in [4.78, 5) is 16.1. The van der Waals surface area contributed by atoms with Crippen molar-refractivity contribution in [2.24, 2.45) is 5.92 Å². The largest absolute Gasteiger partial charge is 0.384 e. The highest BCUT2D eigenvalue weighted by atomic mass is 16.2. The molecule has 20 heavy (non-hydrogen) atoms. The summed E-state index contributed by atoms with van der Waals surface area (Å²) in [6.45, 7) is 6.15. The number of aliphatic hydroxyl groups excluding tert-OH is 1. The Morgan fingerprint density at radius 3 is 2.65 bits per heavy atom. The number of pyridine rings is 1. The number of hydrogen-bond donors (Lipinski definition) is 2. The molecule has 0 bridgehead atoms. The van der Waals surface area contributed by atoms with Gasteiger partial charge in [-0.05, 0) is 37.8 Å². The van der Waals surface area contributed by atoms with E-state index in [0.29, 0.717) is 17.2 Å². The number of carbonyl (C=O) groups is 1. The predicted molar refractivity (Wildman–Crippen MR) is 79.2 cm³/mol. The molecule has 1 aromatic rings. The lowest BCUT2D eigenvalue weighted by molar-refractivity contribution is 0.0932. The Hall–Kier alpha value is -1.86. The van der Waals surface area contributed by atoms with Gasteiger partial charge in [0.05, 0.1) is 0 Å². The number of aromatic nitrogens is 1. The van der Waals surface area contributed by atoms with Gasteiger partial charge in [-0.3, -0.25) is 4.79 Å². The fraction of sp³-hybridized carbons (Fsp3) is 0.500. The molecule has 1 rings (SSSR count). The maximum absolute atomic E-state index is 12.0. The van der Waals surface area contributed by atoms with Gasteiger partial charge >= 0.3 is 0 Å². The van der Waals surface area contributed by atoms with Crippen LogP contribution in [0.3, 0.4) is 0 Å². The first-order valence-electron chi connectivity index (χ1n) is 6.89. The molecule has 1 amide bonds. The second kappa shape index (κ2) is 8.34. The third kappa shape index (κ3) is 5.85. The van der Waals surface area contributed by atoms with Crippen molar-refractivity contribution >= 4 is 5.91 Å². The van der Waals surface area contributed by atoms with E-state index in [-0.39, 0.29) is 18.6 Å². The maximum Gasteiger partial charge on any atom is 0.270 e. The summed E-state index contributed by atoms with van der Waals surface area (Å²) in [6, 6.07) is 3.51. The summed E-state index contributed by atoms with van der Waals surface area (Å²) in [5.74, 6) is 5.75. The molecule has 1 unspecified atom stereocenters. The van der Waals surface area contributed by atoms with Crippen LogP contribution in [0.4, 0.5) is 0 Å². The van der Waals surface area contributed by atoms with Crippen molar-refractivity contribution in [2.75, 3.05) is 6.61 Å². The van der Waals surface area contributed by atoms with Crippen LogP contribution >= 0.6 is 0 Å². The van der Waals surface area contributed by atoms with Gasteiger partial charge in [-0.25, -0.2) is 4.98 Å². The second-order valence-electron chi connectivity index (χ2n) is 5.24. The molecule has 0 aliphatic heterocycles. The summed E-state index contributed by atoms with van der Waals surface area (Å²) in [6.07, 6.45) is 3.59. The van der Waals surface area contributed by atoms with Crippen molar-refractivity contribution in [3.8, 4) is 11.8 Å². The topological polar surface area (TPSA) is 62.2 Å². The van der Waals surface area contributed by atoms with E-state index in [1.54, 1.807) is 12.1 Å². The Morgan fingerprint density at radius 2 is 2.10 bits per heavy atom. The molecule has 1 atom stereocenters. The van der Waals surface area contributed by atoms with Crippen LogP contribution in [0.1, 0.15) is 49.7 Å². The minimum Gasteiger partial charge on any atom is -0.384 e. The van der Waals surface area contributed by atoms with E-state index in [2.05, 4.69) is 36.0 Å². The van der Waals surface area contributed by atoms with Gasteiger partial charge < -0.3 is 10.4 Å². The van der Waals surface area contributed by atoms with Gasteiger partial charge in [0, 0.05) is 17.8 Å². The van der Waals surface area contributed by atoms with E-state index in [1.165, 1.54) is 6.20 Å². The first-order valence-corrected chi connectivity index (χ1v) is 6.89. The molecule has 0 spiro atoms. The maximum atomic E-state index is 12.0. The quantitative estimate of drug-likeness (QED) is 0.807. The Kier molecular flexibility index (Phi) is 6.75. The van der Waals surface area contributed by atoms with Crippen LogP contribution in [-0.4, -0.2) is 28.6 Å². The van der Waals surface area contributed by atoms with Crippen LogP contribution in [0.5, 0.6) is 0 Å². The third-order valence-electron chi connectivity index (χ3n) is 2.86. The Labute approximate surface area is 120 Å². The molecule has 108 valence electrons. The SMILES string of the molecule is CC(C)CCC(C)NC(=O)c1ccc(C#CCO)cn1. The molecule has 0 saturated carbocycles. The zero-order chi connectivity index (χ0) is 15.0. The Bertz CT molecular complexity index is 483. The van der Waals surface area contributed by atoms with Crippen molar-refractivity contribution < 1.29 is 9.90 Å².